The van der Waals surface area contributed by atoms with Gasteiger partial charge >= 0.3 is 0 Å². The Balaban J connectivity index is 2.64. The Morgan fingerprint density at radius 2 is 2.18 bits per heavy atom. The molecule has 1 rings (SSSR count). The molecule has 17 heavy (non-hydrogen) atoms. The molecule has 1 aromatic rings. The highest BCUT2D eigenvalue weighted by molar-refractivity contribution is 5.01. The van der Waals surface area contributed by atoms with Crippen molar-refractivity contribution >= 4 is 0 Å². The van der Waals surface area contributed by atoms with Crippen LogP contribution in [0.4, 0.5) is 0 Å². The van der Waals surface area contributed by atoms with Crippen molar-refractivity contribution < 1.29 is 4.74 Å². The lowest BCUT2D eigenvalue weighted by atomic mass is 10.1. The zero-order chi connectivity index (χ0) is 12.9. The summed E-state index contributed by atoms with van der Waals surface area (Å²) in [5, 5.41) is 11.3. The Labute approximate surface area is 104 Å². The van der Waals surface area contributed by atoms with Crippen LogP contribution in [0.15, 0.2) is 6.20 Å². The van der Waals surface area contributed by atoms with E-state index in [9.17, 15) is 0 Å². The maximum atomic E-state index is 5.84. The number of aromatic nitrogens is 3. The standard InChI is InChI=1S/C12H24N4O/c1-6-7-13-10(9-17-12(2,3)4)11-8-14-15-16(11)5/h8,10,13H,6-7,9H2,1-5H3. The highest BCUT2D eigenvalue weighted by Gasteiger charge is 2.19. The fraction of sp³-hybridized carbons (Fsp3) is 0.833. The van der Waals surface area contributed by atoms with E-state index in [0.29, 0.717) is 6.61 Å². The van der Waals surface area contributed by atoms with Crippen LogP contribution in [0.2, 0.25) is 0 Å². The van der Waals surface area contributed by atoms with Crippen molar-refractivity contribution in [2.24, 2.45) is 7.05 Å². The Hall–Kier alpha value is -0.940. The van der Waals surface area contributed by atoms with Gasteiger partial charge in [-0.2, -0.15) is 0 Å². The molecule has 5 heteroatoms. The molecule has 1 aromatic heterocycles. The first kappa shape index (κ1) is 14.1. The quantitative estimate of drug-likeness (QED) is 0.822. The van der Waals surface area contributed by atoms with E-state index < -0.39 is 0 Å². The van der Waals surface area contributed by atoms with Gasteiger partial charge in [0, 0.05) is 7.05 Å². The first-order valence-corrected chi connectivity index (χ1v) is 6.16. The number of aryl methyl sites for hydroxylation is 1. The highest BCUT2D eigenvalue weighted by Crippen LogP contribution is 2.15. The molecule has 1 N–H and O–H groups in total. The summed E-state index contributed by atoms with van der Waals surface area (Å²) in [5.74, 6) is 0. The smallest absolute Gasteiger partial charge is 0.0776 e. The monoisotopic (exact) mass is 240 g/mol. The molecular formula is C12H24N4O. The zero-order valence-electron chi connectivity index (χ0n) is 11.5. The van der Waals surface area contributed by atoms with Crippen molar-refractivity contribution in [2.75, 3.05) is 13.2 Å². The third-order valence-electron chi connectivity index (χ3n) is 2.43. The number of nitrogens with zero attached hydrogens (tertiary/aromatic N) is 3. The predicted octanol–water partition coefficient (Wildman–Crippen LogP) is 1.67. The third-order valence-corrected chi connectivity index (χ3v) is 2.43. The average molecular weight is 240 g/mol. The summed E-state index contributed by atoms with van der Waals surface area (Å²) in [4.78, 5) is 0. The normalized spacial score (nSPS) is 13.9. The molecule has 0 bridgehead atoms. The molecule has 0 spiro atoms. The minimum Gasteiger partial charge on any atom is -0.374 e. The van der Waals surface area contributed by atoms with Crippen LogP contribution in [0.3, 0.4) is 0 Å². The number of hydrogen-bond acceptors (Lipinski definition) is 4. The van der Waals surface area contributed by atoms with Gasteiger partial charge in [0.2, 0.25) is 0 Å². The molecule has 0 amide bonds. The van der Waals surface area contributed by atoms with Gasteiger partial charge in [-0.05, 0) is 33.7 Å². The van der Waals surface area contributed by atoms with E-state index in [1.807, 2.05) is 7.05 Å². The molecular weight excluding hydrogens is 216 g/mol. The average Bonchev–Trinajstić information content (AvgIpc) is 2.63. The van der Waals surface area contributed by atoms with Crippen LogP contribution in [0.1, 0.15) is 45.9 Å². The summed E-state index contributed by atoms with van der Waals surface area (Å²) in [5.41, 5.74) is 0.931. The fourth-order valence-corrected chi connectivity index (χ4v) is 1.51. The van der Waals surface area contributed by atoms with Crippen molar-refractivity contribution in [3.05, 3.63) is 11.9 Å². The Bertz CT molecular complexity index is 329. The van der Waals surface area contributed by atoms with Gasteiger partial charge in [0.1, 0.15) is 0 Å². The van der Waals surface area contributed by atoms with E-state index in [2.05, 4.69) is 43.3 Å². The first-order valence-electron chi connectivity index (χ1n) is 6.16. The van der Waals surface area contributed by atoms with Crippen LogP contribution >= 0.6 is 0 Å². The summed E-state index contributed by atoms with van der Waals surface area (Å²) in [6, 6.07) is 0.147. The summed E-state index contributed by atoms with van der Waals surface area (Å²) in [6.07, 6.45) is 2.89. The predicted molar refractivity (Wildman–Crippen MR) is 67.7 cm³/mol. The van der Waals surface area contributed by atoms with Gasteiger partial charge in [0.15, 0.2) is 0 Å². The van der Waals surface area contributed by atoms with Gasteiger partial charge in [-0.1, -0.05) is 12.1 Å². The van der Waals surface area contributed by atoms with Gasteiger partial charge in [-0.25, -0.2) is 0 Å². The maximum Gasteiger partial charge on any atom is 0.0776 e. The van der Waals surface area contributed by atoms with Crippen molar-refractivity contribution in [2.45, 2.75) is 45.8 Å². The third kappa shape index (κ3) is 4.83. The second-order valence-corrected chi connectivity index (χ2v) is 5.21. The molecule has 5 nitrogen and oxygen atoms in total. The van der Waals surface area contributed by atoms with Crippen LogP contribution in [0.5, 0.6) is 0 Å². The van der Waals surface area contributed by atoms with Crippen molar-refractivity contribution in [3.8, 4) is 0 Å². The van der Waals surface area contributed by atoms with Gasteiger partial charge in [-0.3, -0.25) is 4.68 Å². The van der Waals surface area contributed by atoms with Crippen molar-refractivity contribution in [1.82, 2.24) is 20.3 Å². The molecule has 0 saturated heterocycles. The van der Waals surface area contributed by atoms with Crippen LogP contribution in [-0.4, -0.2) is 33.7 Å². The molecule has 0 saturated carbocycles. The highest BCUT2D eigenvalue weighted by atomic mass is 16.5. The minimum absolute atomic E-state index is 0.127. The SMILES string of the molecule is CCCNC(COC(C)(C)C)c1cnnn1C. The molecule has 0 radical (unpaired) electrons. The van der Waals surface area contributed by atoms with Gasteiger partial charge in [-0.15, -0.1) is 5.10 Å². The molecule has 0 aliphatic carbocycles. The minimum atomic E-state index is -0.127. The topological polar surface area (TPSA) is 52.0 Å². The second-order valence-electron chi connectivity index (χ2n) is 5.21. The molecule has 98 valence electrons. The summed E-state index contributed by atoms with van der Waals surface area (Å²) >= 11 is 0. The summed E-state index contributed by atoms with van der Waals surface area (Å²) in [7, 11) is 1.90. The van der Waals surface area contributed by atoms with Gasteiger partial charge in [0.25, 0.3) is 0 Å². The Kier molecular flexibility index (Phi) is 5.08. The molecule has 0 aliphatic heterocycles. The van der Waals surface area contributed by atoms with E-state index in [1.165, 1.54) is 0 Å². The molecule has 1 unspecified atom stereocenters. The van der Waals surface area contributed by atoms with Crippen LogP contribution in [0.25, 0.3) is 0 Å². The van der Waals surface area contributed by atoms with Crippen molar-refractivity contribution in [3.63, 3.8) is 0 Å². The molecule has 0 aromatic carbocycles. The number of rotatable bonds is 6. The number of nitrogens with one attached hydrogen (secondary N) is 1. The first-order chi connectivity index (χ1) is 7.94. The van der Waals surface area contributed by atoms with Crippen molar-refractivity contribution in [1.29, 1.82) is 0 Å². The molecule has 0 aliphatic rings. The van der Waals surface area contributed by atoms with Gasteiger partial charge < -0.3 is 10.1 Å². The number of ether oxygens (including phenoxy) is 1. The van der Waals surface area contributed by atoms with Crippen LogP contribution < -0.4 is 5.32 Å². The summed E-state index contributed by atoms with van der Waals surface area (Å²) < 4.78 is 7.63. The second kappa shape index (κ2) is 6.12. The zero-order valence-corrected chi connectivity index (χ0v) is 11.5. The molecule has 0 fully saturated rings. The number of hydrogen-bond donors (Lipinski definition) is 1. The van der Waals surface area contributed by atoms with E-state index in [0.717, 1.165) is 18.7 Å². The lowest BCUT2D eigenvalue weighted by molar-refractivity contribution is -0.0157. The Morgan fingerprint density at radius 3 is 2.65 bits per heavy atom. The largest absolute Gasteiger partial charge is 0.374 e. The van der Waals surface area contributed by atoms with Crippen LogP contribution in [0, 0.1) is 0 Å². The Morgan fingerprint density at radius 1 is 1.47 bits per heavy atom. The fourth-order valence-electron chi connectivity index (χ4n) is 1.51. The lowest BCUT2D eigenvalue weighted by Gasteiger charge is -2.25. The van der Waals surface area contributed by atoms with Crippen LogP contribution in [-0.2, 0) is 11.8 Å². The van der Waals surface area contributed by atoms with E-state index in [-0.39, 0.29) is 11.6 Å². The van der Waals surface area contributed by atoms with E-state index >= 15 is 0 Å². The van der Waals surface area contributed by atoms with E-state index in [4.69, 9.17) is 4.74 Å². The van der Waals surface area contributed by atoms with Gasteiger partial charge in [0.05, 0.1) is 30.1 Å². The summed E-state index contributed by atoms with van der Waals surface area (Å²) in [6.45, 7) is 9.92. The maximum absolute atomic E-state index is 5.84. The van der Waals surface area contributed by atoms with E-state index in [1.54, 1.807) is 10.9 Å². The lowest BCUT2D eigenvalue weighted by Crippen LogP contribution is -2.32. The molecule has 1 heterocycles. The molecule has 1 atom stereocenters.